The molecule has 0 N–H and O–H groups in total. The van der Waals surface area contributed by atoms with Crippen LogP contribution in [0.2, 0.25) is 0 Å². The van der Waals surface area contributed by atoms with Crippen LogP contribution in [0.15, 0.2) is 24.3 Å². The highest BCUT2D eigenvalue weighted by Crippen LogP contribution is 2.30. The van der Waals surface area contributed by atoms with Crippen LogP contribution in [0.25, 0.3) is 0 Å². The lowest BCUT2D eigenvalue weighted by Gasteiger charge is -2.26. The van der Waals surface area contributed by atoms with Crippen LogP contribution in [0.1, 0.15) is 65.9 Å². The zero-order chi connectivity index (χ0) is 18.3. The molecule has 0 unspecified atom stereocenters. The van der Waals surface area contributed by atoms with E-state index >= 15 is 0 Å². The van der Waals surface area contributed by atoms with Gasteiger partial charge in [-0.05, 0) is 63.9 Å². The molecule has 1 saturated carbocycles. The van der Waals surface area contributed by atoms with E-state index in [1.54, 1.807) is 12.1 Å². The molecule has 0 radical (unpaired) electrons. The fourth-order valence-electron chi connectivity index (χ4n) is 2.51. The van der Waals surface area contributed by atoms with Crippen molar-refractivity contribution in [3.05, 3.63) is 35.6 Å². The van der Waals surface area contributed by atoms with Gasteiger partial charge in [0.25, 0.3) is 0 Å². The maximum Gasteiger partial charge on any atom is 0.126 e. The van der Waals surface area contributed by atoms with Gasteiger partial charge in [0.15, 0.2) is 0 Å². The molecular weight excluding hydrogens is 285 g/mol. The van der Waals surface area contributed by atoms with Gasteiger partial charge in [0.2, 0.25) is 0 Å². The monoisotopic (exact) mass is 325 g/mol. The molecule has 1 nitrogen and oxygen atoms in total. The quantitative estimate of drug-likeness (QED) is 0.606. The van der Waals surface area contributed by atoms with Crippen molar-refractivity contribution in [1.82, 2.24) is 4.90 Å². The topological polar surface area (TPSA) is 3.24 Å². The smallest absolute Gasteiger partial charge is 0.126 e. The first-order valence-corrected chi connectivity index (χ1v) is 9.33. The third-order valence-corrected chi connectivity index (χ3v) is 3.60. The van der Waals surface area contributed by atoms with E-state index in [-0.39, 0.29) is 5.82 Å². The Kier molecular flexibility index (Phi) is 16.9. The summed E-state index contributed by atoms with van der Waals surface area (Å²) in [5, 5.41) is 0. The fraction of sp³-hybridized carbons (Fsp3) is 0.714. The van der Waals surface area contributed by atoms with Gasteiger partial charge in [-0.15, -0.1) is 0 Å². The molecule has 1 aromatic carbocycles. The van der Waals surface area contributed by atoms with Crippen LogP contribution in [-0.2, 0) is 6.42 Å². The Morgan fingerprint density at radius 3 is 1.78 bits per heavy atom. The zero-order valence-electron chi connectivity index (χ0n) is 16.8. The number of nitrogens with zero attached hydrogens (tertiary/aromatic N) is 1. The maximum absolute atomic E-state index is 13.4. The van der Waals surface area contributed by atoms with Crippen LogP contribution in [0.5, 0.6) is 0 Å². The van der Waals surface area contributed by atoms with Gasteiger partial charge in [-0.3, -0.25) is 0 Å². The van der Waals surface area contributed by atoms with E-state index in [2.05, 4.69) is 6.92 Å². The molecule has 2 rings (SSSR count). The molecule has 1 aromatic rings. The molecule has 1 aliphatic carbocycles. The van der Waals surface area contributed by atoms with Crippen LogP contribution in [0.3, 0.4) is 0 Å². The summed E-state index contributed by atoms with van der Waals surface area (Å²) in [6.45, 7) is 10.3. The molecule has 2 heteroatoms. The molecule has 23 heavy (non-hydrogen) atoms. The number of benzene rings is 1. The Morgan fingerprint density at radius 1 is 0.913 bits per heavy atom. The lowest BCUT2D eigenvalue weighted by Crippen LogP contribution is -2.14. The summed E-state index contributed by atoms with van der Waals surface area (Å²) < 4.78 is 13.4. The van der Waals surface area contributed by atoms with Crippen molar-refractivity contribution < 1.29 is 4.39 Å². The number of rotatable bonds is 2. The van der Waals surface area contributed by atoms with Crippen molar-refractivity contribution in [3.63, 3.8) is 0 Å². The molecule has 0 amide bonds. The Balaban J connectivity index is 0. The number of halogens is 1. The van der Waals surface area contributed by atoms with Crippen molar-refractivity contribution in [3.8, 4) is 0 Å². The SMILES string of the molecule is CC.CC.CC1CCC(Cc2ccccc2F)CC1.CN(C)C. The highest BCUT2D eigenvalue weighted by Gasteiger charge is 2.19. The third-order valence-electron chi connectivity index (χ3n) is 3.60. The van der Waals surface area contributed by atoms with Crippen molar-refractivity contribution in [2.75, 3.05) is 21.1 Å². The normalized spacial score (nSPS) is 19.4. The minimum absolute atomic E-state index is 0.0314. The molecule has 136 valence electrons. The molecule has 0 aliphatic heterocycles. The lowest BCUT2D eigenvalue weighted by molar-refractivity contribution is 0.287. The molecule has 0 heterocycles. The second-order valence-electron chi connectivity index (χ2n) is 6.26. The molecule has 0 bridgehead atoms. The van der Waals surface area contributed by atoms with E-state index < -0.39 is 0 Å². The van der Waals surface area contributed by atoms with Gasteiger partial charge in [0.05, 0.1) is 0 Å². The Hall–Kier alpha value is -0.890. The first kappa shape index (κ1) is 24.4. The summed E-state index contributed by atoms with van der Waals surface area (Å²) in [4.78, 5) is 2.00. The lowest BCUT2D eigenvalue weighted by atomic mass is 9.80. The minimum Gasteiger partial charge on any atom is -0.312 e. The number of hydrogen-bond donors (Lipinski definition) is 0. The van der Waals surface area contributed by atoms with Crippen molar-refractivity contribution in [2.45, 2.75) is 66.7 Å². The van der Waals surface area contributed by atoms with Gasteiger partial charge < -0.3 is 4.90 Å². The van der Waals surface area contributed by atoms with Crippen LogP contribution in [0.4, 0.5) is 4.39 Å². The largest absolute Gasteiger partial charge is 0.312 e. The third kappa shape index (κ3) is 13.3. The summed E-state index contributed by atoms with van der Waals surface area (Å²) in [5.74, 6) is 1.55. The summed E-state index contributed by atoms with van der Waals surface area (Å²) in [6.07, 6.45) is 6.11. The van der Waals surface area contributed by atoms with E-state index in [0.29, 0.717) is 5.92 Å². The highest BCUT2D eigenvalue weighted by atomic mass is 19.1. The fourth-order valence-corrected chi connectivity index (χ4v) is 2.51. The minimum atomic E-state index is -0.0314. The van der Waals surface area contributed by atoms with Gasteiger partial charge in [0, 0.05) is 0 Å². The van der Waals surface area contributed by atoms with E-state index in [4.69, 9.17) is 0 Å². The second kappa shape index (κ2) is 16.0. The first-order chi connectivity index (χ1) is 11.0. The van der Waals surface area contributed by atoms with Gasteiger partial charge in [-0.2, -0.15) is 0 Å². The van der Waals surface area contributed by atoms with Crippen LogP contribution in [-0.4, -0.2) is 26.0 Å². The Bertz CT molecular complexity index is 352. The zero-order valence-corrected chi connectivity index (χ0v) is 16.8. The van der Waals surface area contributed by atoms with Gasteiger partial charge in [-0.25, -0.2) is 4.39 Å². The molecule has 1 fully saturated rings. The summed E-state index contributed by atoms with van der Waals surface area (Å²) in [7, 11) is 6.00. The van der Waals surface area contributed by atoms with Crippen LogP contribution < -0.4 is 0 Å². The van der Waals surface area contributed by atoms with Crippen LogP contribution >= 0.6 is 0 Å². The Morgan fingerprint density at radius 2 is 1.35 bits per heavy atom. The molecule has 0 spiro atoms. The van der Waals surface area contributed by atoms with E-state index in [0.717, 1.165) is 17.9 Å². The van der Waals surface area contributed by atoms with Gasteiger partial charge in [-0.1, -0.05) is 65.7 Å². The second-order valence-corrected chi connectivity index (χ2v) is 6.26. The van der Waals surface area contributed by atoms with Crippen LogP contribution in [0, 0.1) is 17.7 Å². The average Bonchev–Trinajstić information content (AvgIpc) is 2.55. The van der Waals surface area contributed by atoms with Gasteiger partial charge in [0.1, 0.15) is 5.82 Å². The molecule has 1 aliphatic rings. The standard InChI is InChI=1S/C14H19F.C3H9N.2C2H6/c1-11-6-8-12(9-7-11)10-13-4-2-3-5-14(13)15;1-4(2)3;2*1-2/h2-5,11-12H,6-10H2,1H3;1-3H3;2*1-2H3. The van der Waals surface area contributed by atoms with E-state index in [9.17, 15) is 4.39 Å². The predicted molar refractivity (Wildman–Crippen MR) is 104 cm³/mol. The van der Waals surface area contributed by atoms with Crippen molar-refractivity contribution in [2.24, 2.45) is 11.8 Å². The molecule has 0 aromatic heterocycles. The molecule has 0 saturated heterocycles. The summed E-state index contributed by atoms with van der Waals surface area (Å²) in [6, 6.07) is 7.19. The average molecular weight is 326 g/mol. The summed E-state index contributed by atoms with van der Waals surface area (Å²) >= 11 is 0. The molecular formula is C21H40FN. The molecule has 0 atom stereocenters. The first-order valence-electron chi connectivity index (χ1n) is 9.33. The van der Waals surface area contributed by atoms with Crippen molar-refractivity contribution in [1.29, 1.82) is 0 Å². The van der Waals surface area contributed by atoms with E-state index in [1.165, 1.54) is 25.7 Å². The van der Waals surface area contributed by atoms with Gasteiger partial charge >= 0.3 is 0 Å². The maximum atomic E-state index is 13.4. The van der Waals surface area contributed by atoms with Crippen molar-refractivity contribution >= 4 is 0 Å². The highest BCUT2D eigenvalue weighted by molar-refractivity contribution is 5.17. The number of hydrogen-bond acceptors (Lipinski definition) is 1. The Labute approximate surface area is 145 Å². The summed E-state index contributed by atoms with van der Waals surface area (Å²) in [5.41, 5.74) is 0.900. The predicted octanol–water partition coefficient (Wildman–Crippen LogP) is 6.42. The van der Waals surface area contributed by atoms with E-state index in [1.807, 2.05) is 65.9 Å².